The van der Waals surface area contributed by atoms with Crippen molar-refractivity contribution in [1.82, 2.24) is 0 Å². The topological polar surface area (TPSA) is 0 Å². The lowest BCUT2D eigenvalue weighted by Gasteiger charge is -2.15. The van der Waals surface area contributed by atoms with Crippen molar-refractivity contribution < 1.29 is 0 Å². The molecule has 0 heterocycles. The monoisotopic (exact) mass is 182 g/mol. The van der Waals surface area contributed by atoms with Crippen LogP contribution in [0.5, 0.6) is 0 Å². The minimum absolute atomic E-state index is 0.886. The molecule has 0 fully saturated rings. The van der Waals surface area contributed by atoms with E-state index in [4.69, 9.17) is 0 Å². The molecule has 0 aliphatic rings. The molecule has 0 bridgehead atoms. The molecular weight excluding hydrogens is 156 g/mol. The number of allylic oxidation sites excluding steroid dienone is 1. The molecule has 0 saturated carbocycles. The van der Waals surface area contributed by atoms with E-state index < -0.39 is 0 Å². The molecule has 2 unspecified atom stereocenters. The average Bonchev–Trinajstić information content (AvgIpc) is 2.12. The fourth-order valence-corrected chi connectivity index (χ4v) is 1.88. The molecule has 0 spiro atoms. The van der Waals surface area contributed by atoms with Gasteiger partial charge in [-0.2, -0.15) is 0 Å². The molecule has 0 aromatic rings. The Balaban J connectivity index is 3.51. The number of hydrogen-bond acceptors (Lipinski definition) is 0. The fraction of sp³-hybridized carbons (Fsp3) is 0.846. The van der Waals surface area contributed by atoms with E-state index in [0.717, 1.165) is 11.8 Å². The first-order chi connectivity index (χ1) is 6.24. The first-order valence-corrected chi connectivity index (χ1v) is 5.85. The Morgan fingerprint density at radius 3 is 2.31 bits per heavy atom. The molecule has 0 aromatic heterocycles. The van der Waals surface area contributed by atoms with E-state index in [1.54, 1.807) is 0 Å². The van der Waals surface area contributed by atoms with E-state index in [2.05, 4.69) is 33.4 Å². The van der Waals surface area contributed by atoms with Gasteiger partial charge in [0, 0.05) is 0 Å². The Morgan fingerprint density at radius 2 is 1.85 bits per heavy atom. The van der Waals surface area contributed by atoms with Crippen molar-refractivity contribution in [3.63, 3.8) is 0 Å². The third-order valence-corrected chi connectivity index (χ3v) is 2.93. The quantitative estimate of drug-likeness (QED) is 0.473. The highest BCUT2D eigenvalue weighted by Crippen LogP contribution is 2.21. The summed E-state index contributed by atoms with van der Waals surface area (Å²) in [4.78, 5) is 0. The van der Waals surface area contributed by atoms with E-state index in [9.17, 15) is 0 Å². The smallest absolute Gasteiger partial charge is 0.0325 e. The van der Waals surface area contributed by atoms with Gasteiger partial charge in [-0.1, -0.05) is 52.5 Å². The Labute approximate surface area is 84.4 Å². The number of rotatable bonds is 8. The zero-order valence-electron chi connectivity index (χ0n) is 9.68. The predicted molar refractivity (Wildman–Crippen MR) is 61.9 cm³/mol. The molecule has 2 atom stereocenters. The molecule has 0 aliphatic carbocycles. The van der Waals surface area contributed by atoms with E-state index in [1.807, 2.05) is 0 Å². The summed E-state index contributed by atoms with van der Waals surface area (Å²) < 4.78 is 0. The summed E-state index contributed by atoms with van der Waals surface area (Å²) in [7, 11) is 0. The van der Waals surface area contributed by atoms with Gasteiger partial charge in [0.1, 0.15) is 0 Å². The maximum atomic E-state index is 3.81. The Kier molecular flexibility index (Phi) is 8.18. The van der Waals surface area contributed by atoms with Crippen LogP contribution in [0.3, 0.4) is 0 Å². The van der Waals surface area contributed by atoms with Gasteiger partial charge in [-0.05, 0) is 24.7 Å². The maximum Gasteiger partial charge on any atom is -0.0325 e. The van der Waals surface area contributed by atoms with Gasteiger partial charge in [0.25, 0.3) is 0 Å². The van der Waals surface area contributed by atoms with Crippen LogP contribution in [-0.2, 0) is 0 Å². The molecule has 78 valence electrons. The van der Waals surface area contributed by atoms with E-state index in [1.165, 1.54) is 38.5 Å². The molecule has 0 rings (SSSR count). The number of hydrogen-bond donors (Lipinski definition) is 0. The summed E-state index contributed by atoms with van der Waals surface area (Å²) in [5, 5.41) is 0. The third-order valence-electron chi connectivity index (χ3n) is 2.93. The summed E-state index contributed by atoms with van der Waals surface area (Å²) >= 11 is 0. The van der Waals surface area contributed by atoms with E-state index >= 15 is 0 Å². The van der Waals surface area contributed by atoms with Gasteiger partial charge < -0.3 is 0 Å². The van der Waals surface area contributed by atoms with Crippen LogP contribution in [0, 0.1) is 11.8 Å². The Morgan fingerprint density at radius 1 is 1.15 bits per heavy atom. The predicted octanol–water partition coefficient (Wildman–Crippen LogP) is 4.81. The lowest BCUT2D eigenvalue weighted by Crippen LogP contribution is -2.01. The molecule has 13 heavy (non-hydrogen) atoms. The SMILES string of the molecule is C=CCC(CC)CCC(C)CCC. The molecular formula is C13H26. The normalized spacial score (nSPS) is 15.3. The molecule has 0 nitrogen and oxygen atoms in total. The van der Waals surface area contributed by atoms with E-state index in [0.29, 0.717) is 0 Å². The largest absolute Gasteiger partial charge is 0.103 e. The van der Waals surface area contributed by atoms with Crippen LogP contribution in [0.15, 0.2) is 12.7 Å². The minimum atomic E-state index is 0.886. The second-order valence-electron chi connectivity index (χ2n) is 4.27. The highest BCUT2D eigenvalue weighted by Gasteiger charge is 2.07. The van der Waals surface area contributed by atoms with Crippen molar-refractivity contribution >= 4 is 0 Å². The van der Waals surface area contributed by atoms with Gasteiger partial charge in [0.2, 0.25) is 0 Å². The highest BCUT2D eigenvalue weighted by atomic mass is 14.1. The van der Waals surface area contributed by atoms with Crippen LogP contribution in [-0.4, -0.2) is 0 Å². The summed E-state index contributed by atoms with van der Waals surface area (Å²) in [5.74, 6) is 1.81. The van der Waals surface area contributed by atoms with Crippen molar-refractivity contribution in [2.24, 2.45) is 11.8 Å². The summed E-state index contributed by atoms with van der Waals surface area (Å²) in [6, 6.07) is 0. The van der Waals surface area contributed by atoms with Gasteiger partial charge in [0.05, 0.1) is 0 Å². The van der Waals surface area contributed by atoms with Gasteiger partial charge in [-0.3, -0.25) is 0 Å². The molecule has 0 aliphatic heterocycles. The summed E-state index contributed by atoms with van der Waals surface area (Å²) in [6.07, 6.45) is 10.1. The van der Waals surface area contributed by atoms with Crippen molar-refractivity contribution in [2.75, 3.05) is 0 Å². The average molecular weight is 182 g/mol. The van der Waals surface area contributed by atoms with Crippen LogP contribution in [0.1, 0.15) is 59.3 Å². The lowest BCUT2D eigenvalue weighted by molar-refractivity contribution is 0.387. The molecule has 0 radical (unpaired) electrons. The van der Waals surface area contributed by atoms with Crippen LogP contribution in [0.25, 0.3) is 0 Å². The van der Waals surface area contributed by atoms with Gasteiger partial charge >= 0.3 is 0 Å². The van der Waals surface area contributed by atoms with Crippen LogP contribution in [0.4, 0.5) is 0 Å². The lowest BCUT2D eigenvalue weighted by atomic mass is 9.91. The first kappa shape index (κ1) is 12.7. The maximum absolute atomic E-state index is 3.81. The van der Waals surface area contributed by atoms with Crippen molar-refractivity contribution in [3.8, 4) is 0 Å². The van der Waals surface area contributed by atoms with Gasteiger partial charge in [-0.25, -0.2) is 0 Å². The summed E-state index contributed by atoms with van der Waals surface area (Å²) in [5.41, 5.74) is 0. The minimum Gasteiger partial charge on any atom is -0.103 e. The third kappa shape index (κ3) is 6.86. The molecule has 0 heteroatoms. The molecule has 0 aromatic carbocycles. The Hall–Kier alpha value is -0.260. The summed E-state index contributed by atoms with van der Waals surface area (Å²) in [6.45, 7) is 10.8. The van der Waals surface area contributed by atoms with Crippen molar-refractivity contribution in [3.05, 3.63) is 12.7 Å². The highest BCUT2D eigenvalue weighted by molar-refractivity contribution is 4.72. The zero-order valence-corrected chi connectivity index (χ0v) is 9.68. The van der Waals surface area contributed by atoms with Crippen molar-refractivity contribution in [1.29, 1.82) is 0 Å². The van der Waals surface area contributed by atoms with Gasteiger partial charge in [-0.15, -0.1) is 6.58 Å². The molecule has 0 N–H and O–H groups in total. The fourth-order valence-electron chi connectivity index (χ4n) is 1.88. The van der Waals surface area contributed by atoms with E-state index in [-0.39, 0.29) is 0 Å². The van der Waals surface area contributed by atoms with Crippen LogP contribution >= 0.6 is 0 Å². The second kappa shape index (κ2) is 8.34. The molecule has 0 saturated heterocycles. The second-order valence-corrected chi connectivity index (χ2v) is 4.27. The standard InChI is InChI=1S/C13H26/c1-5-8-12(4)10-11-13(7-3)9-6-2/h6,12-13H,2,5,7-11H2,1,3-4H3. The van der Waals surface area contributed by atoms with Gasteiger partial charge in [0.15, 0.2) is 0 Å². The van der Waals surface area contributed by atoms with Crippen molar-refractivity contribution in [2.45, 2.75) is 59.3 Å². The van der Waals surface area contributed by atoms with Crippen LogP contribution in [0.2, 0.25) is 0 Å². The Bertz CT molecular complexity index is 115. The zero-order chi connectivity index (χ0) is 10.1. The first-order valence-electron chi connectivity index (χ1n) is 5.85. The molecule has 0 amide bonds. The van der Waals surface area contributed by atoms with Crippen LogP contribution < -0.4 is 0 Å².